The zero-order chi connectivity index (χ0) is 24.6. The van der Waals surface area contributed by atoms with E-state index in [0.717, 1.165) is 29.3 Å². The molecule has 1 saturated heterocycles. The summed E-state index contributed by atoms with van der Waals surface area (Å²) in [5.41, 5.74) is 1.27. The molecule has 3 N–H and O–H groups in total. The molecule has 0 spiro atoms. The second-order valence-electron chi connectivity index (χ2n) is 11.7. The third-order valence-corrected chi connectivity index (χ3v) is 5.95. The van der Waals surface area contributed by atoms with Crippen molar-refractivity contribution in [3.63, 3.8) is 0 Å². The Morgan fingerprint density at radius 1 is 1.15 bits per heavy atom. The van der Waals surface area contributed by atoms with Gasteiger partial charge in [0.05, 0.1) is 0 Å². The predicted octanol–water partition coefficient (Wildman–Crippen LogP) is 4.04. The van der Waals surface area contributed by atoms with Gasteiger partial charge in [-0.3, -0.25) is 4.79 Å². The summed E-state index contributed by atoms with van der Waals surface area (Å²) in [6, 6.07) is 7.35. The highest BCUT2D eigenvalue weighted by molar-refractivity contribution is 5.88. The summed E-state index contributed by atoms with van der Waals surface area (Å²) in [5, 5.41) is 10.8. The Balaban J connectivity index is 1.83. The number of ether oxygens (including phenoxy) is 1. The van der Waals surface area contributed by atoms with Crippen LogP contribution < -0.4 is 16.0 Å². The Kier molecular flexibility index (Phi) is 6.85. The first-order chi connectivity index (χ1) is 15.1. The van der Waals surface area contributed by atoms with E-state index >= 15 is 0 Å². The average molecular weight is 457 g/mol. The van der Waals surface area contributed by atoms with Crippen molar-refractivity contribution in [2.45, 2.75) is 96.5 Å². The number of nitrogens with zero attached hydrogens (tertiary/aromatic N) is 1. The van der Waals surface area contributed by atoms with Crippen molar-refractivity contribution in [2.75, 3.05) is 0 Å². The van der Waals surface area contributed by atoms with Gasteiger partial charge in [-0.1, -0.05) is 18.2 Å². The van der Waals surface area contributed by atoms with Crippen molar-refractivity contribution < 1.29 is 14.3 Å². The molecule has 2 heterocycles. The fourth-order valence-electron chi connectivity index (χ4n) is 5.19. The summed E-state index contributed by atoms with van der Waals surface area (Å²) in [6.07, 6.45) is 3.45. The lowest BCUT2D eigenvalue weighted by Crippen LogP contribution is -2.63. The van der Waals surface area contributed by atoms with Crippen LogP contribution in [0.2, 0.25) is 0 Å². The predicted molar refractivity (Wildman–Crippen MR) is 132 cm³/mol. The number of nitrogens with one attached hydrogen (secondary N) is 3. The number of aromatic nitrogens is 1. The van der Waals surface area contributed by atoms with Crippen LogP contribution in [0.3, 0.4) is 0 Å². The lowest BCUT2D eigenvalue weighted by Gasteiger charge is -2.46. The largest absolute Gasteiger partial charge is 0.444 e. The maximum Gasteiger partial charge on any atom is 0.408 e. The van der Waals surface area contributed by atoms with E-state index in [0.29, 0.717) is 6.42 Å². The highest BCUT2D eigenvalue weighted by Crippen LogP contribution is 2.29. The number of benzene rings is 1. The van der Waals surface area contributed by atoms with E-state index in [4.69, 9.17) is 4.74 Å². The molecule has 0 unspecified atom stereocenters. The summed E-state index contributed by atoms with van der Waals surface area (Å²) in [4.78, 5) is 26.1. The van der Waals surface area contributed by atoms with E-state index < -0.39 is 17.7 Å². The number of carbonyl (C=O) groups excluding carboxylic acids is 2. The zero-order valence-electron chi connectivity index (χ0n) is 21.3. The monoisotopic (exact) mass is 456 g/mol. The number of fused-ring (bicyclic) bond motifs is 1. The summed E-state index contributed by atoms with van der Waals surface area (Å²) in [6.45, 7) is 14.0. The van der Waals surface area contributed by atoms with E-state index in [1.165, 1.54) is 0 Å². The van der Waals surface area contributed by atoms with Crippen LogP contribution >= 0.6 is 0 Å². The molecule has 3 rings (SSSR count). The summed E-state index contributed by atoms with van der Waals surface area (Å²) < 4.78 is 7.51. The van der Waals surface area contributed by atoms with Gasteiger partial charge in [-0.05, 0) is 72.9 Å². The number of rotatable bonds is 5. The minimum Gasteiger partial charge on any atom is -0.444 e. The van der Waals surface area contributed by atoms with E-state index in [1.54, 1.807) is 0 Å². The van der Waals surface area contributed by atoms with E-state index in [-0.39, 0.29) is 23.0 Å². The second kappa shape index (κ2) is 9.01. The number of para-hydroxylation sites is 1. The van der Waals surface area contributed by atoms with Crippen molar-refractivity contribution >= 4 is 22.9 Å². The molecule has 7 nitrogen and oxygen atoms in total. The molecule has 33 heavy (non-hydrogen) atoms. The summed E-state index contributed by atoms with van der Waals surface area (Å²) >= 11 is 0. The van der Waals surface area contributed by atoms with Gasteiger partial charge in [-0.2, -0.15) is 0 Å². The third kappa shape index (κ3) is 6.73. The van der Waals surface area contributed by atoms with Crippen molar-refractivity contribution in [2.24, 2.45) is 7.05 Å². The average Bonchev–Trinajstić information content (AvgIpc) is 2.93. The Morgan fingerprint density at radius 2 is 1.76 bits per heavy atom. The van der Waals surface area contributed by atoms with Gasteiger partial charge >= 0.3 is 6.09 Å². The number of hydrogen-bond acceptors (Lipinski definition) is 4. The highest BCUT2D eigenvalue weighted by Gasteiger charge is 2.39. The second-order valence-corrected chi connectivity index (χ2v) is 11.7. The fourth-order valence-corrected chi connectivity index (χ4v) is 5.19. The zero-order valence-corrected chi connectivity index (χ0v) is 21.3. The minimum atomic E-state index is -0.744. The Bertz CT molecular complexity index is 1000. The van der Waals surface area contributed by atoms with E-state index in [2.05, 4.69) is 43.6 Å². The van der Waals surface area contributed by atoms with Gasteiger partial charge in [0.1, 0.15) is 11.6 Å². The first kappa shape index (κ1) is 25.1. The van der Waals surface area contributed by atoms with E-state index in [9.17, 15) is 9.59 Å². The standard InChI is InChI=1S/C26H40N4O3/c1-24(2,3)33-23(32)28-20(13-17-16-30(8)21-12-10-9-11-19(17)21)22(31)27-18-14-25(4,5)29-26(6,7)15-18/h9-12,16,18,20,29H,13-15H2,1-8H3,(H,27,31)(H,28,32)/t20-/m1/s1. The van der Waals surface area contributed by atoms with Crippen LogP contribution in [0.15, 0.2) is 30.5 Å². The molecule has 2 amide bonds. The maximum absolute atomic E-state index is 13.5. The Morgan fingerprint density at radius 3 is 2.36 bits per heavy atom. The molecular formula is C26H40N4O3. The lowest BCUT2D eigenvalue weighted by atomic mass is 9.79. The summed E-state index contributed by atoms with van der Waals surface area (Å²) in [7, 11) is 1.99. The normalized spacial score (nSPS) is 19.2. The molecule has 1 aromatic carbocycles. The molecule has 1 aromatic heterocycles. The molecule has 1 aliphatic heterocycles. The molecule has 1 fully saturated rings. The van der Waals surface area contributed by atoms with Crippen LogP contribution in [0.1, 0.15) is 66.9 Å². The molecule has 0 radical (unpaired) electrons. The van der Waals surface area contributed by atoms with Gasteiger partial charge in [-0.25, -0.2) is 4.79 Å². The molecule has 0 bridgehead atoms. The number of amides is 2. The molecule has 2 aromatic rings. The number of carbonyl (C=O) groups is 2. The van der Waals surface area contributed by atoms with Gasteiger partial charge < -0.3 is 25.3 Å². The lowest BCUT2D eigenvalue weighted by molar-refractivity contribution is -0.124. The topological polar surface area (TPSA) is 84.4 Å². The molecule has 182 valence electrons. The smallest absolute Gasteiger partial charge is 0.408 e. The van der Waals surface area contributed by atoms with Crippen molar-refractivity contribution in [3.8, 4) is 0 Å². The number of aryl methyl sites for hydroxylation is 1. The highest BCUT2D eigenvalue weighted by atomic mass is 16.6. The van der Waals surface area contributed by atoms with Crippen molar-refractivity contribution in [1.29, 1.82) is 0 Å². The Hall–Kier alpha value is -2.54. The Labute approximate surface area is 197 Å². The van der Waals surface area contributed by atoms with Crippen molar-refractivity contribution in [1.82, 2.24) is 20.5 Å². The molecule has 1 aliphatic rings. The SMILES string of the molecule is Cn1cc(C[C@@H](NC(=O)OC(C)(C)C)C(=O)NC2CC(C)(C)NC(C)(C)C2)c2ccccc21. The van der Waals surface area contributed by atoms with Crippen LogP contribution in [-0.2, 0) is 23.0 Å². The van der Waals surface area contributed by atoms with Crippen LogP contribution in [0.5, 0.6) is 0 Å². The van der Waals surface area contributed by atoms with Gasteiger partial charge in [0.2, 0.25) is 5.91 Å². The van der Waals surface area contributed by atoms with Gasteiger partial charge in [0.25, 0.3) is 0 Å². The van der Waals surface area contributed by atoms with Gasteiger partial charge in [0.15, 0.2) is 0 Å². The first-order valence-electron chi connectivity index (χ1n) is 11.8. The quantitative estimate of drug-likeness (QED) is 0.634. The van der Waals surface area contributed by atoms with E-state index in [1.807, 2.05) is 62.8 Å². The molecule has 1 atom stereocenters. The fraction of sp³-hybridized carbons (Fsp3) is 0.615. The third-order valence-electron chi connectivity index (χ3n) is 5.95. The number of hydrogen-bond donors (Lipinski definition) is 3. The summed E-state index contributed by atoms with van der Waals surface area (Å²) in [5.74, 6) is -0.188. The first-order valence-corrected chi connectivity index (χ1v) is 11.8. The van der Waals surface area contributed by atoms with Gasteiger partial charge in [-0.15, -0.1) is 0 Å². The maximum atomic E-state index is 13.5. The minimum absolute atomic E-state index is 0.0132. The van der Waals surface area contributed by atoms with Crippen LogP contribution in [-0.4, -0.2) is 45.3 Å². The van der Waals surface area contributed by atoms with Crippen LogP contribution in [0.25, 0.3) is 10.9 Å². The number of piperidine rings is 1. The molecule has 0 aliphatic carbocycles. The molecule has 7 heteroatoms. The van der Waals surface area contributed by atoms with Crippen LogP contribution in [0.4, 0.5) is 4.79 Å². The number of alkyl carbamates (subject to hydrolysis) is 1. The van der Waals surface area contributed by atoms with Crippen LogP contribution in [0, 0.1) is 0 Å². The molecular weight excluding hydrogens is 416 g/mol. The van der Waals surface area contributed by atoms with Crippen molar-refractivity contribution in [3.05, 3.63) is 36.0 Å². The molecule has 0 saturated carbocycles. The van der Waals surface area contributed by atoms with Gasteiger partial charge in [0, 0.05) is 47.7 Å².